The highest BCUT2D eigenvalue weighted by molar-refractivity contribution is 5.53. The number of hydrogen-bond acceptors (Lipinski definition) is 16. The Morgan fingerprint density at radius 3 is 2.09 bits per heavy atom. The van der Waals surface area contributed by atoms with Gasteiger partial charge in [0.05, 0.1) is 32.5 Å². The van der Waals surface area contributed by atoms with Crippen LogP contribution in [0.25, 0.3) is 0 Å². The topological polar surface area (TPSA) is 247 Å². The largest absolute Gasteiger partial charge is 0.507 e. The van der Waals surface area contributed by atoms with Crippen molar-refractivity contribution in [3.63, 3.8) is 0 Å². The van der Waals surface area contributed by atoms with Crippen molar-refractivity contribution < 1.29 is 79.1 Å². The van der Waals surface area contributed by atoms with Crippen LogP contribution in [0.1, 0.15) is 30.3 Å². The second kappa shape index (κ2) is 13.4. The fourth-order valence-electron chi connectivity index (χ4n) is 5.58. The first kappa shape index (κ1) is 33.4. The highest BCUT2D eigenvalue weighted by atomic mass is 16.7. The number of aliphatic hydroxyl groups excluding tert-OH is 7. The fourth-order valence-corrected chi connectivity index (χ4v) is 5.58. The number of aliphatic hydroxyl groups is 7. The lowest BCUT2D eigenvalue weighted by Gasteiger charge is -2.45. The molecule has 0 amide bonds. The van der Waals surface area contributed by atoms with Crippen LogP contribution in [0.15, 0.2) is 30.3 Å². The summed E-state index contributed by atoms with van der Waals surface area (Å²) in [7, 11) is 2.74. The quantitative estimate of drug-likeness (QED) is 0.156. The zero-order valence-corrected chi connectivity index (χ0v) is 24.5. The summed E-state index contributed by atoms with van der Waals surface area (Å²) < 4.78 is 39.1. The predicted molar refractivity (Wildman–Crippen MR) is 148 cm³/mol. The molecule has 0 spiro atoms. The first-order valence-electron chi connectivity index (χ1n) is 14.1. The van der Waals surface area contributed by atoms with E-state index in [0.29, 0.717) is 0 Å². The minimum atomic E-state index is -1.85. The van der Waals surface area contributed by atoms with Gasteiger partial charge < -0.3 is 79.1 Å². The minimum absolute atomic E-state index is 0.0407. The highest BCUT2D eigenvalue weighted by Crippen LogP contribution is 2.49. The third-order valence-electron chi connectivity index (χ3n) is 8.21. The Balaban J connectivity index is 1.41. The van der Waals surface area contributed by atoms with Crippen molar-refractivity contribution in [3.8, 4) is 28.7 Å². The van der Waals surface area contributed by atoms with Crippen LogP contribution in [0, 0.1) is 0 Å². The molecular formula is C29H38O16. The van der Waals surface area contributed by atoms with Crippen LogP contribution >= 0.6 is 0 Å². The molecule has 0 aromatic heterocycles. The van der Waals surface area contributed by atoms with E-state index in [1.165, 1.54) is 51.5 Å². The monoisotopic (exact) mass is 642 g/mol. The smallest absolute Gasteiger partial charge is 0.187 e. The Hall–Kier alpha value is -3.00. The van der Waals surface area contributed by atoms with E-state index in [0.717, 1.165) is 0 Å². The second-order valence-corrected chi connectivity index (χ2v) is 11.1. The van der Waals surface area contributed by atoms with Crippen molar-refractivity contribution in [2.45, 2.75) is 86.6 Å². The summed E-state index contributed by atoms with van der Waals surface area (Å²) in [5.74, 6) is -0.222. The molecule has 2 fully saturated rings. The summed E-state index contributed by atoms with van der Waals surface area (Å²) in [4.78, 5) is 0. The fraction of sp³-hybridized carbons (Fsp3) is 0.586. The average molecular weight is 643 g/mol. The molecular weight excluding hydrogens is 604 g/mol. The summed E-state index contributed by atoms with van der Waals surface area (Å²) in [6, 6.07) is 6.98. The van der Waals surface area contributed by atoms with Gasteiger partial charge in [-0.05, 0) is 24.6 Å². The van der Waals surface area contributed by atoms with Gasteiger partial charge in [-0.3, -0.25) is 0 Å². The summed E-state index contributed by atoms with van der Waals surface area (Å²) in [6.07, 6.45) is -19.7. The van der Waals surface area contributed by atoms with Crippen molar-refractivity contribution in [2.24, 2.45) is 0 Å². The number of fused-ring (bicyclic) bond motifs is 1. The van der Waals surface area contributed by atoms with Gasteiger partial charge in [0.1, 0.15) is 72.2 Å². The third-order valence-corrected chi connectivity index (χ3v) is 8.21. The Morgan fingerprint density at radius 1 is 0.733 bits per heavy atom. The lowest BCUT2D eigenvalue weighted by molar-refractivity contribution is -0.341. The van der Waals surface area contributed by atoms with Crippen LogP contribution in [0.2, 0.25) is 0 Å². The van der Waals surface area contributed by atoms with Crippen molar-refractivity contribution >= 4 is 0 Å². The second-order valence-electron chi connectivity index (χ2n) is 11.1. The van der Waals surface area contributed by atoms with Gasteiger partial charge in [-0.15, -0.1) is 0 Å². The van der Waals surface area contributed by atoms with E-state index in [4.69, 9.17) is 33.2 Å². The molecule has 16 heteroatoms. The molecule has 45 heavy (non-hydrogen) atoms. The van der Waals surface area contributed by atoms with E-state index in [1.807, 2.05) is 0 Å². The van der Waals surface area contributed by atoms with Gasteiger partial charge in [-0.1, -0.05) is 6.07 Å². The molecule has 0 bridgehead atoms. The summed E-state index contributed by atoms with van der Waals surface area (Å²) in [6.45, 7) is 0.916. The Kier molecular flexibility index (Phi) is 9.93. The lowest BCUT2D eigenvalue weighted by Crippen LogP contribution is -2.61. The molecule has 0 saturated carbocycles. The first-order chi connectivity index (χ1) is 21.4. The first-order valence-corrected chi connectivity index (χ1v) is 14.1. The summed E-state index contributed by atoms with van der Waals surface area (Å²) in [5.41, 5.74) is 0.216. The van der Waals surface area contributed by atoms with Gasteiger partial charge in [0.15, 0.2) is 30.2 Å². The molecule has 3 heterocycles. The Morgan fingerprint density at radius 2 is 1.42 bits per heavy atom. The number of methoxy groups -OCH3 is 2. The SMILES string of the molecule is COc1cc(O)c2c(c1)O[C@H](c1ccc(OC)c(O)c1)[C@H](O[C@@H]1O[C@H](CO[C@@H]3O[C@@H](C)[C@H](O)[C@H](O)[C@@H]3O)[C@@H](O)[C@H](O)[C@H]1O)[C@H]2O. The van der Waals surface area contributed by atoms with E-state index in [2.05, 4.69) is 0 Å². The maximum Gasteiger partial charge on any atom is 0.187 e. The number of rotatable bonds is 8. The van der Waals surface area contributed by atoms with Gasteiger partial charge in [-0.25, -0.2) is 0 Å². The van der Waals surface area contributed by atoms with Crippen molar-refractivity contribution in [1.82, 2.24) is 0 Å². The molecule has 3 aliphatic rings. The van der Waals surface area contributed by atoms with Gasteiger partial charge >= 0.3 is 0 Å². The number of aromatic hydroxyl groups is 2. The van der Waals surface area contributed by atoms with Crippen LogP contribution in [0.5, 0.6) is 28.7 Å². The third kappa shape index (κ3) is 6.36. The number of hydrogen-bond donors (Lipinski definition) is 9. The zero-order valence-electron chi connectivity index (χ0n) is 24.5. The molecule has 9 N–H and O–H groups in total. The molecule has 2 aromatic carbocycles. The van der Waals surface area contributed by atoms with E-state index < -0.39 is 86.3 Å². The van der Waals surface area contributed by atoms with Crippen LogP contribution in [-0.4, -0.2) is 134 Å². The molecule has 5 rings (SSSR count). The summed E-state index contributed by atoms with van der Waals surface area (Å²) in [5, 5.41) is 95.0. The number of benzene rings is 2. The molecule has 16 nitrogen and oxygen atoms in total. The molecule has 3 aliphatic heterocycles. The Bertz CT molecular complexity index is 1330. The van der Waals surface area contributed by atoms with Crippen LogP contribution in [0.3, 0.4) is 0 Å². The number of phenolic OH excluding ortho intramolecular Hbond substituents is 2. The maximum absolute atomic E-state index is 11.5. The van der Waals surface area contributed by atoms with E-state index in [9.17, 15) is 46.0 Å². The molecule has 250 valence electrons. The zero-order chi connectivity index (χ0) is 32.7. The van der Waals surface area contributed by atoms with E-state index >= 15 is 0 Å². The average Bonchev–Trinajstić information content (AvgIpc) is 3.02. The molecule has 13 atom stereocenters. The minimum Gasteiger partial charge on any atom is -0.507 e. The van der Waals surface area contributed by atoms with Crippen molar-refractivity contribution in [2.75, 3.05) is 20.8 Å². The van der Waals surface area contributed by atoms with E-state index in [-0.39, 0.29) is 39.9 Å². The van der Waals surface area contributed by atoms with Crippen molar-refractivity contribution in [1.29, 1.82) is 0 Å². The standard InChI is InChI=1S/C29H38O16/c1-10-19(32)22(35)24(37)28(42-10)41-9-17-20(33)23(36)25(38)29(44-17)45-27-21(34)18-14(31)7-12(39-2)8-16(18)43-26(27)11-4-5-15(40-3)13(30)6-11/h4-8,10,17,19-38H,9H2,1-3H3/t10-,17+,19-,20+,21-,22-,23-,24-,25+,26+,27+,28+,29-/m0/s1. The molecule has 0 radical (unpaired) electrons. The molecule has 0 aliphatic carbocycles. The van der Waals surface area contributed by atoms with Gasteiger partial charge in [0.2, 0.25) is 0 Å². The number of phenols is 2. The number of ether oxygens (including phenoxy) is 7. The molecule has 2 saturated heterocycles. The van der Waals surface area contributed by atoms with Gasteiger partial charge in [0.25, 0.3) is 0 Å². The van der Waals surface area contributed by atoms with Crippen LogP contribution in [0.4, 0.5) is 0 Å². The lowest BCUT2D eigenvalue weighted by atomic mass is 9.90. The molecule has 2 aromatic rings. The van der Waals surface area contributed by atoms with Crippen LogP contribution in [-0.2, 0) is 18.9 Å². The predicted octanol–water partition coefficient (Wildman–Crippen LogP) is -1.68. The maximum atomic E-state index is 11.5. The summed E-state index contributed by atoms with van der Waals surface area (Å²) >= 11 is 0. The van der Waals surface area contributed by atoms with Crippen molar-refractivity contribution in [3.05, 3.63) is 41.5 Å². The Labute approximate surface area is 257 Å². The van der Waals surface area contributed by atoms with Crippen LogP contribution < -0.4 is 14.2 Å². The normalized spacial score (nSPS) is 38.2. The molecule has 0 unspecified atom stereocenters. The van der Waals surface area contributed by atoms with Gasteiger partial charge in [-0.2, -0.15) is 0 Å². The highest BCUT2D eigenvalue weighted by Gasteiger charge is 2.50. The van der Waals surface area contributed by atoms with E-state index in [1.54, 1.807) is 0 Å². The van der Waals surface area contributed by atoms with Gasteiger partial charge in [0, 0.05) is 12.1 Å².